The molecule has 2 N–H and O–H groups in total. The van der Waals surface area contributed by atoms with Gasteiger partial charge in [0.2, 0.25) is 0 Å². The summed E-state index contributed by atoms with van der Waals surface area (Å²) < 4.78 is 0. The van der Waals surface area contributed by atoms with Crippen LogP contribution in [0.15, 0.2) is 36.5 Å². The standard InChI is InChI=1S/C14H14Cl2N2/c1-9-4-2-3-5-10(9)6-13(17)14-12(16)7-11(15)8-18-14/h2-5,7-8,13H,6,17H2,1H3. The maximum Gasteiger partial charge on any atom is 0.0761 e. The van der Waals surface area contributed by atoms with Crippen molar-refractivity contribution in [1.29, 1.82) is 0 Å². The minimum atomic E-state index is -0.226. The highest BCUT2D eigenvalue weighted by Crippen LogP contribution is 2.25. The van der Waals surface area contributed by atoms with Crippen molar-refractivity contribution in [3.63, 3.8) is 0 Å². The van der Waals surface area contributed by atoms with E-state index < -0.39 is 0 Å². The van der Waals surface area contributed by atoms with E-state index in [1.165, 1.54) is 11.1 Å². The first kappa shape index (κ1) is 13.3. The van der Waals surface area contributed by atoms with Crippen LogP contribution in [-0.2, 0) is 6.42 Å². The van der Waals surface area contributed by atoms with Gasteiger partial charge in [0.1, 0.15) is 0 Å². The smallest absolute Gasteiger partial charge is 0.0761 e. The number of aromatic nitrogens is 1. The van der Waals surface area contributed by atoms with Crippen molar-refractivity contribution < 1.29 is 0 Å². The Balaban J connectivity index is 2.22. The molecule has 0 radical (unpaired) electrons. The predicted octanol–water partition coefficient (Wildman–Crippen LogP) is 3.94. The van der Waals surface area contributed by atoms with Gasteiger partial charge < -0.3 is 5.73 Å². The van der Waals surface area contributed by atoms with Gasteiger partial charge >= 0.3 is 0 Å². The second-order valence-electron chi connectivity index (χ2n) is 4.26. The van der Waals surface area contributed by atoms with Crippen molar-refractivity contribution in [3.8, 4) is 0 Å². The van der Waals surface area contributed by atoms with E-state index >= 15 is 0 Å². The molecule has 0 amide bonds. The van der Waals surface area contributed by atoms with Crippen LogP contribution in [0.5, 0.6) is 0 Å². The van der Waals surface area contributed by atoms with Crippen LogP contribution in [0.2, 0.25) is 10.0 Å². The summed E-state index contributed by atoms with van der Waals surface area (Å²) >= 11 is 11.9. The first-order chi connectivity index (χ1) is 8.58. The molecule has 0 bridgehead atoms. The van der Waals surface area contributed by atoms with E-state index in [1.54, 1.807) is 12.3 Å². The lowest BCUT2D eigenvalue weighted by molar-refractivity contribution is 0.694. The average molecular weight is 281 g/mol. The van der Waals surface area contributed by atoms with Crippen molar-refractivity contribution in [2.75, 3.05) is 0 Å². The van der Waals surface area contributed by atoms with E-state index in [4.69, 9.17) is 28.9 Å². The Labute approximate surface area is 117 Å². The van der Waals surface area contributed by atoms with Crippen LogP contribution in [0.3, 0.4) is 0 Å². The van der Waals surface area contributed by atoms with Gasteiger partial charge in [0.05, 0.1) is 21.8 Å². The maximum absolute atomic E-state index is 6.16. The van der Waals surface area contributed by atoms with E-state index in [1.807, 2.05) is 12.1 Å². The third kappa shape index (κ3) is 3.02. The summed E-state index contributed by atoms with van der Waals surface area (Å²) in [6.07, 6.45) is 2.28. The van der Waals surface area contributed by atoms with Gasteiger partial charge in [-0.15, -0.1) is 0 Å². The number of hydrogen-bond donors (Lipinski definition) is 1. The summed E-state index contributed by atoms with van der Waals surface area (Å²) in [5.74, 6) is 0. The zero-order chi connectivity index (χ0) is 13.1. The molecule has 1 aromatic heterocycles. The van der Waals surface area contributed by atoms with Crippen molar-refractivity contribution in [1.82, 2.24) is 4.98 Å². The van der Waals surface area contributed by atoms with Crippen LogP contribution >= 0.6 is 23.2 Å². The molecule has 0 aliphatic heterocycles. The van der Waals surface area contributed by atoms with Crippen LogP contribution < -0.4 is 5.73 Å². The first-order valence-corrected chi connectivity index (χ1v) is 6.44. The molecule has 18 heavy (non-hydrogen) atoms. The van der Waals surface area contributed by atoms with E-state index in [-0.39, 0.29) is 6.04 Å². The number of aryl methyl sites for hydroxylation is 1. The second kappa shape index (κ2) is 5.70. The molecular weight excluding hydrogens is 267 g/mol. The Morgan fingerprint density at radius 1 is 1.28 bits per heavy atom. The highest BCUT2D eigenvalue weighted by Gasteiger charge is 2.13. The highest BCUT2D eigenvalue weighted by atomic mass is 35.5. The fourth-order valence-electron chi connectivity index (χ4n) is 1.87. The fraction of sp³-hybridized carbons (Fsp3) is 0.214. The fourth-order valence-corrected chi connectivity index (χ4v) is 2.39. The number of hydrogen-bond acceptors (Lipinski definition) is 2. The minimum Gasteiger partial charge on any atom is -0.322 e. The normalized spacial score (nSPS) is 12.4. The molecule has 0 aliphatic carbocycles. The molecule has 1 atom stereocenters. The average Bonchev–Trinajstić information content (AvgIpc) is 2.32. The zero-order valence-corrected chi connectivity index (χ0v) is 11.5. The lowest BCUT2D eigenvalue weighted by Crippen LogP contribution is -2.16. The summed E-state index contributed by atoms with van der Waals surface area (Å²) in [7, 11) is 0. The van der Waals surface area contributed by atoms with Crippen molar-refractivity contribution in [2.45, 2.75) is 19.4 Å². The summed E-state index contributed by atoms with van der Waals surface area (Å²) in [4.78, 5) is 4.21. The summed E-state index contributed by atoms with van der Waals surface area (Å²) in [6, 6.07) is 9.60. The molecule has 94 valence electrons. The molecule has 1 unspecified atom stereocenters. The van der Waals surface area contributed by atoms with Crippen LogP contribution in [0.1, 0.15) is 22.9 Å². The van der Waals surface area contributed by atoms with Crippen LogP contribution in [0.25, 0.3) is 0 Å². The van der Waals surface area contributed by atoms with E-state index in [0.29, 0.717) is 22.2 Å². The lowest BCUT2D eigenvalue weighted by Gasteiger charge is -2.14. The first-order valence-electron chi connectivity index (χ1n) is 5.69. The monoisotopic (exact) mass is 280 g/mol. The third-order valence-corrected chi connectivity index (χ3v) is 3.40. The Morgan fingerprint density at radius 3 is 2.67 bits per heavy atom. The molecule has 1 aromatic carbocycles. The van der Waals surface area contributed by atoms with Crippen LogP contribution in [0, 0.1) is 6.92 Å². The number of benzene rings is 1. The molecular formula is C14H14Cl2N2. The summed E-state index contributed by atoms with van der Waals surface area (Å²) in [6.45, 7) is 2.07. The molecule has 2 rings (SSSR count). The number of pyridine rings is 1. The Hall–Kier alpha value is -1.09. The lowest BCUT2D eigenvalue weighted by atomic mass is 9.99. The maximum atomic E-state index is 6.16. The molecule has 0 fully saturated rings. The van der Waals surface area contributed by atoms with Gasteiger partial charge in [-0.25, -0.2) is 0 Å². The van der Waals surface area contributed by atoms with E-state index in [9.17, 15) is 0 Å². The highest BCUT2D eigenvalue weighted by molar-refractivity contribution is 6.34. The molecule has 0 spiro atoms. The Bertz CT molecular complexity index is 555. The SMILES string of the molecule is Cc1ccccc1CC(N)c1ncc(Cl)cc1Cl. The van der Waals surface area contributed by atoms with Crippen LogP contribution in [-0.4, -0.2) is 4.98 Å². The van der Waals surface area contributed by atoms with Gasteiger partial charge in [0.25, 0.3) is 0 Å². The Morgan fingerprint density at radius 2 is 2.00 bits per heavy atom. The van der Waals surface area contributed by atoms with Gasteiger partial charge in [-0.05, 0) is 30.5 Å². The second-order valence-corrected chi connectivity index (χ2v) is 5.10. The molecule has 1 heterocycles. The molecule has 4 heteroatoms. The number of rotatable bonds is 3. The van der Waals surface area contributed by atoms with Gasteiger partial charge in [-0.3, -0.25) is 4.98 Å². The van der Waals surface area contributed by atoms with Crippen molar-refractivity contribution in [3.05, 3.63) is 63.4 Å². The van der Waals surface area contributed by atoms with Gasteiger partial charge in [-0.2, -0.15) is 0 Å². The van der Waals surface area contributed by atoms with Gasteiger partial charge in [-0.1, -0.05) is 47.5 Å². The van der Waals surface area contributed by atoms with Crippen molar-refractivity contribution >= 4 is 23.2 Å². The number of nitrogens with zero attached hydrogens (tertiary/aromatic N) is 1. The molecule has 2 nitrogen and oxygen atoms in total. The molecule has 0 saturated heterocycles. The van der Waals surface area contributed by atoms with E-state index in [2.05, 4.69) is 24.0 Å². The van der Waals surface area contributed by atoms with Crippen LogP contribution in [0.4, 0.5) is 0 Å². The molecule has 0 aliphatic rings. The zero-order valence-electron chi connectivity index (χ0n) is 10.0. The van der Waals surface area contributed by atoms with Gasteiger partial charge in [0.15, 0.2) is 0 Å². The largest absolute Gasteiger partial charge is 0.322 e. The summed E-state index contributed by atoms with van der Waals surface area (Å²) in [5, 5.41) is 1.04. The number of halogens is 2. The topological polar surface area (TPSA) is 38.9 Å². The quantitative estimate of drug-likeness (QED) is 0.925. The minimum absolute atomic E-state index is 0.226. The Kier molecular flexibility index (Phi) is 4.23. The molecule has 0 saturated carbocycles. The van der Waals surface area contributed by atoms with E-state index in [0.717, 1.165) is 0 Å². The molecule has 2 aromatic rings. The predicted molar refractivity (Wildman–Crippen MR) is 76.1 cm³/mol. The third-order valence-electron chi connectivity index (χ3n) is 2.89. The number of nitrogens with two attached hydrogens (primary N) is 1. The summed E-state index contributed by atoms with van der Waals surface area (Å²) in [5.41, 5.74) is 9.27. The van der Waals surface area contributed by atoms with Gasteiger partial charge in [0, 0.05) is 6.20 Å². The van der Waals surface area contributed by atoms with Crippen molar-refractivity contribution in [2.24, 2.45) is 5.73 Å².